The first-order chi connectivity index (χ1) is 6.27. The number of rotatable bonds is 3. The number of hydrogen-bond acceptors (Lipinski definition) is 1. The molecule has 0 aromatic rings. The highest BCUT2D eigenvalue weighted by Gasteiger charge is 2.46. The molecule has 0 unspecified atom stereocenters. The van der Waals surface area contributed by atoms with Crippen molar-refractivity contribution in [2.24, 2.45) is 5.41 Å². The molecule has 1 saturated carbocycles. The molecule has 0 heterocycles. The van der Waals surface area contributed by atoms with E-state index in [1.54, 1.807) is 13.8 Å². The lowest BCUT2D eigenvalue weighted by atomic mass is 9.86. The fourth-order valence-corrected chi connectivity index (χ4v) is 1.23. The average Bonchev–Trinajstić information content (AvgIpc) is 2.01. The van der Waals surface area contributed by atoms with Gasteiger partial charge < -0.3 is 5.32 Å². The summed E-state index contributed by atoms with van der Waals surface area (Å²) >= 11 is 0. The van der Waals surface area contributed by atoms with Gasteiger partial charge in [-0.3, -0.25) is 4.79 Å². The van der Waals surface area contributed by atoms with Gasteiger partial charge >= 0.3 is 0 Å². The molecule has 0 aromatic carbocycles. The van der Waals surface area contributed by atoms with Crippen molar-refractivity contribution in [2.45, 2.75) is 38.7 Å². The van der Waals surface area contributed by atoms with Gasteiger partial charge in [0.1, 0.15) is 0 Å². The molecule has 0 aliphatic heterocycles. The monoisotopic (exact) mass is 203 g/mol. The summed E-state index contributed by atoms with van der Waals surface area (Å²) in [5, 5.41) is 2.57. The first-order valence-corrected chi connectivity index (χ1v) is 4.59. The van der Waals surface area contributed by atoms with Gasteiger partial charge in [-0.05, 0) is 13.8 Å². The van der Waals surface area contributed by atoms with E-state index in [0.717, 1.165) is 0 Å². The van der Waals surface area contributed by atoms with Crippen LogP contribution in [0.15, 0.2) is 12.7 Å². The molecular formula is C10H15F2NO. The summed E-state index contributed by atoms with van der Waals surface area (Å²) in [4.78, 5) is 11.5. The quantitative estimate of drug-likeness (QED) is 0.699. The lowest BCUT2D eigenvalue weighted by Crippen LogP contribution is -2.53. The molecule has 14 heavy (non-hydrogen) atoms. The van der Waals surface area contributed by atoms with Crippen molar-refractivity contribution in [1.29, 1.82) is 0 Å². The van der Waals surface area contributed by atoms with Crippen LogP contribution in [0.4, 0.5) is 8.78 Å². The van der Waals surface area contributed by atoms with Crippen molar-refractivity contribution in [1.82, 2.24) is 5.32 Å². The van der Waals surface area contributed by atoms with Crippen LogP contribution in [0.5, 0.6) is 0 Å². The first-order valence-electron chi connectivity index (χ1n) is 4.59. The predicted molar refractivity (Wildman–Crippen MR) is 50.1 cm³/mol. The normalized spacial score (nSPS) is 21.1. The van der Waals surface area contributed by atoms with Crippen LogP contribution in [-0.4, -0.2) is 17.9 Å². The molecular weight excluding hydrogens is 188 g/mol. The minimum Gasteiger partial charge on any atom is -0.352 e. The minimum absolute atomic E-state index is 0.243. The molecule has 0 atom stereocenters. The van der Waals surface area contributed by atoms with E-state index in [9.17, 15) is 13.6 Å². The zero-order valence-electron chi connectivity index (χ0n) is 8.44. The number of hydrogen-bond donors (Lipinski definition) is 1. The summed E-state index contributed by atoms with van der Waals surface area (Å²) in [5.74, 6) is -2.83. The third-order valence-corrected chi connectivity index (χ3v) is 2.52. The van der Waals surface area contributed by atoms with E-state index in [4.69, 9.17) is 0 Å². The van der Waals surface area contributed by atoms with Crippen molar-refractivity contribution in [2.75, 3.05) is 0 Å². The number of amides is 1. The van der Waals surface area contributed by atoms with E-state index in [1.807, 2.05) is 0 Å². The molecule has 1 aliphatic rings. The molecule has 1 aliphatic carbocycles. The lowest BCUT2D eigenvalue weighted by molar-refractivity contribution is -0.134. The van der Waals surface area contributed by atoms with Crippen molar-refractivity contribution in [3.8, 4) is 0 Å². The first kappa shape index (κ1) is 11.1. The highest BCUT2D eigenvalue weighted by Crippen LogP contribution is 2.37. The Morgan fingerprint density at radius 1 is 1.57 bits per heavy atom. The van der Waals surface area contributed by atoms with E-state index in [-0.39, 0.29) is 24.8 Å². The van der Waals surface area contributed by atoms with Gasteiger partial charge in [-0.15, -0.1) is 6.58 Å². The molecule has 0 saturated heterocycles. The summed E-state index contributed by atoms with van der Waals surface area (Å²) in [7, 11) is 0. The second kappa shape index (κ2) is 3.33. The van der Waals surface area contributed by atoms with Crippen LogP contribution < -0.4 is 5.32 Å². The topological polar surface area (TPSA) is 29.1 Å². The zero-order chi connectivity index (χ0) is 11.0. The van der Waals surface area contributed by atoms with Crippen LogP contribution in [0.25, 0.3) is 0 Å². The summed E-state index contributed by atoms with van der Waals surface area (Å²) in [6.45, 7) is 6.93. The minimum atomic E-state index is -2.59. The van der Waals surface area contributed by atoms with E-state index >= 15 is 0 Å². The van der Waals surface area contributed by atoms with Crippen LogP contribution in [0.2, 0.25) is 0 Å². The maximum Gasteiger partial charge on any atom is 0.252 e. The largest absolute Gasteiger partial charge is 0.352 e. The standard InChI is InChI=1S/C10H15F2NO/c1-4-9(2,3)8(14)13-7-5-10(11,12)6-7/h4,7H,1,5-6H2,2-3H3,(H,13,14). The number of nitrogens with one attached hydrogen (secondary N) is 1. The Morgan fingerprint density at radius 2 is 2.07 bits per heavy atom. The van der Waals surface area contributed by atoms with Crippen LogP contribution in [0.1, 0.15) is 26.7 Å². The van der Waals surface area contributed by atoms with E-state index < -0.39 is 11.3 Å². The fraction of sp³-hybridized carbons (Fsp3) is 0.700. The Labute approximate surface area is 82.4 Å². The molecule has 80 valence electrons. The Bertz CT molecular complexity index is 253. The van der Waals surface area contributed by atoms with Gasteiger partial charge in [-0.2, -0.15) is 0 Å². The molecule has 1 amide bonds. The molecule has 1 fully saturated rings. The molecule has 0 bridgehead atoms. The highest BCUT2D eigenvalue weighted by molar-refractivity contribution is 5.84. The van der Waals surface area contributed by atoms with Crippen molar-refractivity contribution >= 4 is 5.91 Å². The number of carbonyl (C=O) groups is 1. The van der Waals surface area contributed by atoms with Crippen molar-refractivity contribution < 1.29 is 13.6 Å². The van der Waals surface area contributed by atoms with E-state index in [2.05, 4.69) is 11.9 Å². The van der Waals surface area contributed by atoms with Gasteiger partial charge in [-0.25, -0.2) is 8.78 Å². The van der Waals surface area contributed by atoms with Gasteiger partial charge in [-0.1, -0.05) is 6.08 Å². The van der Waals surface area contributed by atoms with Gasteiger partial charge in [0.15, 0.2) is 0 Å². The highest BCUT2D eigenvalue weighted by atomic mass is 19.3. The summed E-state index contributed by atoms with van der Waals surface area (Å²) in [6.07, 6.45) is 1.02. The molecule has 2 nitrogen and oxygen atoms in total. The van der Waals surface area contributed by atoms with Crippen molar-refractivity contribution in [3.63, 3.8) is 0 Å². The van der Waals surface area contributed by atoms with Gasteiger partial charge in [0.05, 0.1) is 5.41 Å². The summed E-state index contributed by atoms with van der Waals surface area (Å²) in [6, 6.07) is -0.378. The summed E-state index contributed by atoms with van der Waals surface area (Å²) in [5.41, 5.74) is -0.690. The molecule has 1 rings (SSSR count). The number of halogens is 2. The van der Waals surface area contributed by atoms with Crippen molar-refractivity contribution in [3.05, 3.63) is 12.7 Å². The maximum atomic E-state index is 12.4. The van der Waals surface area contributed by atoms with E-state index in [1.165, 1.54) is 6.08 Å². The third kappa shape index (κ3) is 2.30. The molecule has 4 heteroatoms. The predicted octanol–water partition coefficient (Wildman–Crippen LogP) is 2.11. The van der Waals surface area contributed by atoms with Crippen LogP contribution in [0, 0.1) is 5.41 Å². The van der Waals surface area contributed by atoms with Crippen LogP contribution in [0.3, 0.4) is 0 Å². The Kier molecular flexibility index (Phi) is 2.65. The number of carbonyl (C=O) groups excluding carboxylic acids is 1. The molecule has 0 spiro atoms. The Balaban J connectivity index is 2.40. The van der Waals surface area contributed by atoms with Gasteiger partial charge in [0.2, 0.25) is 5.91 Å². The summed E-state index contributed by atoms with van der Waals surface area (Å²) < 4.78 is 24.9. The smallest absolute Gasteiger partial charge is 0.252 e. The number of alkyl halides is 2. The maximum absolute atomic E-state index is 12.4. The zero-order valence-corrected chi connectivity index (χ0v) is 8.44. The Hall–Kier alpha value is -0.930. The third-order valence-electron chi connectivity index (χ3n) is 2.52. The SMILES string of the molecule is C=CC(C)(C)C(=O)NC1CC(F)(F)C1. The van der Waals surface area contributed by atoms with Crippen LogP contribution >= 0.6 is 0 Å². The second-order valence-corrected chi connectivity index (χ2v) is 4.36. The fourth-order valence-electron chi connectivity index (χ4n) is 1.23. The van der Waals surface area contributed by atoms with Gasteiger partial charge in [0, 0.05) is 18.9 Å². The molecule has 0 radical (unpaired) electrons. The van der Waals surface area contributed by atoms with Gasteiger partial charge in [0.25, 0.3) is 5.92 Å². The van der Waals surface area contributed by atoms with Crippen LogP contribution in [-0.2, 0) is 4.79 Å². The average molecular weight is 203 g/mol. The Morgan fingerprint density at radius 3 is 2.43 bits per heavy atom. The molecule has 0 aromatic heterocycles. The molecule has 1 N–H and O–H groups in total. The van der Waals surface area contributed by atoms with E-state index in [0.29, 0.717) is 0 Å². The lowest BCUT2D eigenvalue weighted by Gasteiger charge is -2.36. The second-order valence-electron chi connectivity index (χ2n) is 4.36.